The van der Waals surface area contributed by atoms with Crippen LogP contribution < -0.4 is 5.73 Å². The molecule has 2 unspecified atom stereocenters. The first-order valence-electron chi connectivity index (χ1n) is 6.50. The minimum Gasteiger partial charge on any atom is -0.327 e. The summed E-state index contributed by atoms with van der Waals surface area (Å²) in [5.74, 6) is 0.388. The van der Waals surface area contributed by atoms with E-state index in [4.69, 9.17) is 5.73 Å². The second kappa shape index (κ2) is 5.51. The summed E-state index contributed by atoms with van der Waals surface area (Å²) in [6.07, 6.45) is -3.37. The molecule has 2 nitrogen and oxygen atoms in total. The molecular weight excluding hydrogens is 253 g/mol. The lowest BCUT2D eigenvalue weighted by Gasteiger charge is -2.35. The lowest BCUT2D eigenvalue weighted by atomic mass is 9.94. The second-order valence-corrected chi connectivity index (χ2v) is 5.36. The molecule has 106 valence electrons. The van der Waals surface area contributed by atoms with Gasteiger partial charge in [0.05, 0.1) is 5.56 Å². The van der Waals surface area contributed by atoms with Gasteiger partial charge in [-0.25, -0.2) is 0 Å². The minimum atomic E-state index is -4.27. The summed E-state index contributed by atoms with van der Waals surface area (Å²) in [6.45, 7) is 4.34. The van der Waals surface area contributed by atoms with Crippen LogP contribution in [-0.2, 0) is 12.7 Å². The molecule has 1 aromatic rings. The topological polar surface area (TPSA) is 29.3 Å². The highest BCUT2D eigenvalue weighted by Gasteiger charge is 2.30. The van der Waals surface area contributed by atoms with Crippen molar-refractivity contribution in [2.24, 2.45) is 11.7 Å². The highest BCUT2D eigenvalue weighted by molar-refractivity contribution is 5.25. The fourth-order valence-electron chi connectivity index (χ4n) is 2.50. The van der Waals surface area contributed by atoms with Gasteiger partial charge in [0.2, 0.25) is 0 Å². The van der Waals surface area contributed by atoms with Gasteiger partial charge in [-0.1, -0.05) is 25.1 Å². The SMILES string of the molecule is CC1CN(Cc2cccc(C(F)(F)F)c2)CCC1N. The van der Waals surface area contributed by atoms with Gasteiger partial charge in [0, 0.05) is 19.1 Å². The predicted molar refractivity (Wildman–Crippen MR) is 68.5 cm³/mol. The van der Waals surface area contributed by atoms with Gasteiger partial charge in [-0.2, -0.15) is 13.2 Å². The zero-order valence-electron chi connectivity index (χ0n) is 11.0. The molecule has 2 rings (SSSR count). The molecule has 0 radical (unpaired) electrons. The van der Waals surface area contributed by atoms with E-state index in [-0.39, 0.29) is 6.04 Å². The van der Waals surface area contributed by atoms with Crippen LogP contribution >= 0.6 is 0 Å². The van der Waals surface area contributed by atoms with Gasteiger partial charge in [0.1, 0.15) is 0 Å². The first-order valence-corrected chi connectivity index (χ1v) is 6.50. The quantitative estimate of drug-likeness (QED) is 0.897. The summed E-state index contributed by atoms with van der Waals surface area (Å²) in [5.41, 5.74) is 6.07. The molecule has 2 N–H and O–H groups in total. The number of benzene rings is 1. The van der Waals surface area contributed by atoms with Crippen molar-refractivity contribution in [3.05, 3.63) is 35.4 Å². The van der Waals surface area contributed by atoms with E-state index in [0.29, 0.717) is 18.0 Å². The molecule has 0 spiro atoms. The maximum atomic E-state index is 12.6. The molecule has 0 bridgehead atoms. The molecule has 1 fully saturated rings. The van der Waals surface area contributed by atoms with Gasteiger partial charge in [-0.05, 0) is 30.5 Å². The number of nitrogens with two attached hydrogens (primary N) is 1. The number of likely N-dealkylation sites (tertiary alicyclic amines) is 1. The van der Waals surface area contributed by atoms with E-state index in [1.807, 2.05) is 0 Å². The monoisotopic (exact) mass is 272 g/mol. The average Bonchev–Trinajstić information content (AvgIpc) is 2.33. The molecule has 5 heteroatoms. The third kappa shape index (κ3) is 3.70. The van der Waals surface area contributed by atoms with E-state index < -0.39 is 11.7 Å². The van der Waals surface area contributed by atoms with Crippen molar-refractivity contribution in [3.63, 3.8) is 0 Å². The molecule has 0 aromatic heterocycles. The number of hydrogen-bond acceptors (Lipinski definition) is 2. The third-order valence-electron chi connectivity index (χ3n) is 3.72. The number of rotatable bonds is 2. The Kier molecular flexibility index (Phi) is 4.16. The first kappa shape index (κ1) is 14.3. The summed E-state index contributed by atoms with van der Waals surface area (Å²) in [7, 11) is 0. The number of hydrogen-bond donors (Lipinski definition) is 1. The van der Waals surface area contributed by atoms with Crippen molar-refractivity contribution in [3.8, 4) is 0 Å². The molecule has 19 heavy (non-hydrogen) atoms. The van der Waals surface area contributed by atoms with Crippen LogP contribution in [0.25, 0.3) is 0 Å². The molecule has 0 amide bonds. The molecule has 1 aliphatic rings. The molecule has 1 heterocycles. The van der Waals surface area contributed by atoms with E-state index in [9.17, 15) is 13.2 Å². The van der Waals surface area contributed by atoms with Crippen LogP contribution in [-0.4, -0.2) is 24.0 Å². The van der Waals surface area contributed by atoms with Gasteiger partial charge in [-0.15, -0.1) is 0 Å². The smallest absolute Gasteiger partial charge is 0.327 e. The van der Waals surface area contributed by atoms with Crippen molar-refractivity contribution in [2.75, 3.05) is 13.1 Å². The van der Waals surface area contributed by atoms with Crippen LogP contribution in [0.15, 0.2) is 24.3 Å². The Hall–Kier alpha value is -1.07. The Morgan fingerprint density at radius 2 is 2.11 bits per heavy atom. The predicted octanol–water partition coefficient (Wildman–Crippen LogP) is 2.87. The van der Waals surface area contributed by atoms with E-state index in [0.717, 1.165) is 25.6 Å². The summed E-state index contributed by atoms with van der Waals surface area (Å²) >= 11 is 0. The largest absolute Gasteiger partial charge is 0.416 e. The number of piperidine rings is 1. The van der Waals surface area contributed by atoms with Crippen molar-refractivity contribution in [2.45, 2.75) is 32.1 Å². The Bertz CT molecular complexity index is 431. The zero-order valence-corrected chi connectivity index (χ0v) is 11.0. The normalized spacial score (nSPS) is 25.5. The van der Waals surface area contributed by atoms with E-state index in [1.54, 1.807) is 6.07 Å². The molecule has 1 aliphatic heterocycles. The van der Waals surface area contributed by atoms with Crippen molar-refractivity contribution in [1.82, 2.24) is 4.90 Å². The van der Waals surface area contributed by atoms with Crippen LogP contribution in [0.5, 0.6) is 0 Å². The highest BCUT2D eigenvalue weighted by Crippen LogP contribution is 2.30. The average molecular weight is 272 g/mol. The van der Waals surface area contributed by atoms with Crippen LogP contribution in [0, 0.1) is 5.92 Å². The Balaban J connectivity index is 2.04. The summed E-state index contributed by atoms with van der Waals surface area (Å²) in [4.78, 5) is 2.17. The van der Waals surface area contributed by atoms with E-state index in [2.05, 4.69) is 11.8 Å². The van der Waals surface area contributed by atoms with Crippen LogP contribution in [0.3, 0.4) is 0 Å². The lowest BCUT2D eigenvalue weighted by molar-refractivity contribution is -0.137. The number of halogens is 3. The van der Waals surface area contributed by atoms with Crippen LogP contribution in [0.4, 0.5) is 13.2 Å². The summed E-state index contributed by atoms with van der Waals surface area (Å²) in [6, 6.07) is 5.76. The summed E-state index contributed by atoms with van der Waals surface area (Å²) < 4.78 is 37.9. The van der Waals surface area contributed by atoms with Gasteiger partial charge >= 0.3 is 6.18 Å². The summed E-state index contributed by atoms with van der Waals surface area (Å²) in [5, 5.41) is 0. The van der Waals surface area contributed by atoms with Crippen molar-refractivity contribution >= 4 is 0 Å². The molecule has 2 atom stereocenters. The second-order valence-electron chi connectivity index (χ2n) is 5.36. The van der Waals surface area contributed by atoms with Gasteiger partial charge in [0.15, 0.2) is 0 Å². The molecule has 1 saturated heterocycles. The van der Waals surface area contributed by atoms with Gasteiger partial charge in [-0.3, -0.25) is 4.90 Å². The maximum Gasteiger partial charge on any atom is 0.416 e. The molecule has 0 saturated carbocycles. The zero-order chi connectivity index (χ0) is 14.0. The minimum absolute atomic E-state index is 0.206. The molecular formula is C14H19F3N2. The van der Waals surface area contributed by atoms with Crippen LogP contribution in [0.2, 0.25) is 0 Å². The lowest BCUT2D eigenvalue weighted by Crippen LogP contribution is -2.45. The molecule has 0 aliphatic carbocycles. The standard InChI is InChI=1S/C14H19F3N2/c1-10-8-19(6-5-13(10)18)9-11-3-2-4-12(7-11)14(15,16)17/h2-4,7,10,13H,5-6,8-9,18H2,1H3. The Morgan fingerprint density at radius 3 is 2.74 bits per heavy atom. The van der Waals surface area contributed by atoms with Gasteiger partial charge < -0.3 is 5.73 Å². The third-order valence-corrected chi connectivity index (χ3v) is 3.72. The first-order chi connectivity index (χ1) is 8.86. The fraction of sp³-hybridized carbons (Fsp3) is 0.571. The Labute approximate surface area is 111 Å². The van der Waals surface area contributed by atoms with E-state index >= 15 is 0 Å². The fourth-order valence-corrected chi connectivity index (χ4v) is 2.50. The van der Waals surface area contributed by atoms with Crippen LogP contribution in [0.1, 0.15) is 24.5 Å². The highest BCUT2D eigenvalue weighted by atomic mass is 19.4. The molecule has 1 aromatic carbocycles. The maximum absolute atomic E-state index is 12.6. The van der Waals surface area contributed by atoms with Crippen molar-refractivity contribution < 1.29 is 13.2 Å². The number of nitrogens with zero attached hydrogens (tertiary/aromatic N) is 1. The van der Waals surface area contributed by atoms with Crippen molar-refractivity contribution in [1.29, 1.82) is 0 Å². The number of alkyl halides is 3. The van der Waals surface area contributed by atoms with Gasteiger partial charge in [0.25, 0.3) is 0 Å². The van der Waals surface area contributed by atoms with E-state index in [1.165, 1.54) is 12.1 Å². The Morgan fingerprint density at radius 1 is 1.37 bits per heavy atom.